The van der Waals surface area contributed by atoms with Crippen molar-refractivity contribution in [3.8, 4) is 0 Å². The predicted molar refractivity (Wildman–Crippen MR) is 108 cm³/mol. The molecular weight excluding hydrogens is 348 g/mol. The number of thiazole rings is 1. The van der Waals surface area contributed by atoms with E-state index in [2.05, 4.69) is 37.5 Å². The van der Waals surface area contributed by atoms with Crippen LogP contribution in [0.2, 0.25) is 0 Å². The van der Waals surface area contributed by atoms with Crippen LogP contribution in [0, 0.1) is 11.8 Å². The van der Waals surface area contributed by atoms with Gasteiger partial charge in [0.05, 0.1) is 10.2 Å². The van der Waals surface area contributed by atoms with E-state index in [0.717, 1.165) is 27.0 Å². The highest BCUT2D eigenvalue weighted by Crippen LogP contribution is 2.31. The van der Waals surface area contributed by atoms with Crippen molar-refractivity contribution in [2.45, 2.75) is 27.7 Å². The van der Waals surface area contributed by atoms with Gasteiger partial charge in [0.25, 0.3) is 0 Å². The van der Waals surface area contributed by atoms with Crippen molar-refractivity contribution in [1.82, 2.24) is 8.69 Å². The Hall–Kier alpha value is -0.300. The van der Waals surface area contributed by atoms with Crippen molar-refractivity contribution in [1.29, 1.82) is 0 Å². The van der Waals surface area contributed by atoms with Crippen LogP contribution < -0.4 is 0 Å². The molecule has 0 aliphatic carbocycles. The van der Waals surface area contributed by atoms with Crippen LogP contribution in [0.3, 0.4) is 0 Å². The van der Waals surface area contributed by atoms with Gasteiger partial charge in [0.15, 0.2) is 10.00 Å². The Morgan fingerprint density at radius 1 is 1.14 bits per heavy atom. The number of hydrogen-bond acceptors (Lipinski definition) is 5. The van der Waals surface area contributed by atoms with Crippen LogP contribution in [0.5, 0.6) is 0 Å². The van der Waals surface area contributed by atoms with Gasteiger partial charge in [0, 0.05) is 11.5 Å². The van der Waals surface area contributed by atoms with Gasteiger partial charge >= 0.3 is 0 Å². The minimum atomic E-state index is 0.644. The highest BCUT2D eigenvalue weighted by molar-refractivity contribution is 8.13. The van der Waals surface area contributed by atoms with Crippen LogP contribution in [0.1, 0.15) is 32.7 Å². The van der Waals surface area contributed by atoms with Gasteiger partial charge in [-0.05, 0) is 47.9 Å². The summed E-state index contributed by atoms with van der Waals surface area (Å²) in [5, 5.41) is 0.948. The largest absolute Gasteiger partial charge is 0.245 e. The first-order valence-electron chi connectivity index (χ1n) is 7.43. The lowest BCUT2D eigenvalue weighted by atomic mass is 10.3. The molecule has 1 aromatic heterocycles. The van der Waals surface area contributed by atoms with Crippen LogP contribution in [0.25, 0.3) is 10.2 Å². The summed E-state index contributed by atoms with van der Waals surface area (Å²) < 4.78 is 3.38. The fourth-order valence-corrected chi connectivity index (χ4v) is 5.07. The van der Waals surface area contributed by atoms with E-state index in [9.17, 15) is 0 Å². The summed E-state index contributed by atoms with van der Waals surface area (Å²) in [6.45, 7) is 8.94. The van der Waals surface area contributed by atoms with Crippen molar-refractivity contribution < 1.29 is 0 Å². The Balaban J connectivity index is 2.15. The topological polar surface area (TPSA) is 16.1 Å². The molecule has 2 nitrogen and oxygen atoms in total. The molecule has 22 heavy (non-hydrogen) atoms. The zero-order chi connectivity index (χ0) is 16.1. The number of fused-ring (bicyclic) bond motifs is 1. The van der Waals surface area contributed by atoms with E-state index in [1.165, 1.54) is 4.70 Å². The molecular formula is C16H22N2S4. The van der Waals surface area contributed by atoms with Gasteiger partial charge in [-0.1, -0.05) is 52.0 Å². The summed E-state index contributed by atoms with van der Waals surface area (Å²) in [5.74, 6) is 3.42. The molecule has 0 saturated heterocycles. The Morgan fingerprint density at radius 2 is 1.73 bits per heavy atom. The molecule has 1 aromatic carbocycles. The van der Waals surface area contributed by atoms with Gasteiger partial charge in [-0.2, -0.15) is 0 Å². The van der Waals surface area contributed by atoms with Crippen molar-refractivity contribution >= 4 is 62.7 Å². The third-order valence-corrected chi connectivity index (χ3v) is 7.57. The second kappa shape index (κ2) is 8.52. The zero-order valence-corrected chi connectivity index (χ0v) is 16.7. The van der Waals surface area contributed by atoms with Crippen molar-refractivity contribution in [3.05, 3.63) is 29.3 Å². The molecule has 0 radical (unpaired) electrons. The summed E-state index contributed by atoms with van der Waals surface area (Å²) in [6, 6.07) is 8.22. The second-order valence-corrected chi connectivity index (χ2v) is 9.49. The van der Waals surface area contributed by atoms with Crippen molar-refractivity contribution in [2.75, 3.05) is 11.5 Å². The normalized spacial score (nSPS) is 11.5. The van der Waals surface area contributed by atoms with Crippen LogP contribution in [-0.2, 0) is 0 Å². The molecule has 0 amide bonds. The Bertz CT molecular complexity index is 576. The quantitative estimate of drug-likeness (QED) is 0.445. The minimum absolute atomic E-state index is 0.644. The monoisotopic (exact) mass is 370 g/mol. The number of benzene rings is 1. The summed E-state index contributed by atoms with van der Waals surface area (Å²) in [6.07, 6.45) is 0. The van der Waals surface area contributed by atoms with Crippen LogP contribution in [0.4, 0.5) is 0 Å². The highest BCUT2D eigenvalue weighted by Gasteiger charge is 2.18. The van der Waals surface area contributed by atoms with E-state index < -0.39 is 0 Å². The fourth-order valence-electron chi connectivity index (χ4n) is 1.63. The number of aromatic nitrogens is 1. The summed E-state index contributed by atoms with van der Waals surface area (Å²) in [5.41, 5.74) is 1.03. The first-order chi connectivity index (χ1) is 10.5. The maximum absolute atomic E-state index is 5.72. The first kappa shape index (κ1) is 18.0. The molecule has 120 valence electrons. The third-order valence-electron chi connectivity index (χ3n) is 2.69. The van der Waals surface area contributed by atoms with Crippen LogP contribution in [0.15, 0.2) is 24.3 Å². The molecule has 0 atom stereocenters. The van der Waals surface area contributed by atoms with Gasteiger partial charge in [-0.25, -0.2) is 8.69 Å². The van der Waals surface area contributed by atoms with E-state index >= 15 is 0 Å². The average molecular weight is 371 g/mol. The number of thiocarbonyl (C=S) groups is 1. The minimum Gasteiger partial charge on any atom is -0.245 e. The molecule has 0 unspecified atom stereocenters. The molecule has 6 heteroatoms. The lowest BCUT2D eigenvalue weighted by Gasteiger charge is -2.22. The molecule has 0 N–H and O–H groups in total. The van der Waals surface area contributed by atoms with Gasteiger partial charge in [0.1, 0.15) is 0 Å². The fraction of sp³-hybridized carbons (Fsp3) is 0.500. The van der Waals surface area contributed by atoms with E-state index in [1.54, 1.807) is 35.2 Å². The molecule has 0 saturated carbocycles. The van der Waals surface area contributed by atoms with Crippen molar-refractivity contribution in [2.24, 2.45) is 11.8 Å². The Kier molecular flexibility index (Phi) is 6.99. The van der Waals surface area contributed by atoms with Crippen molar-refractivity contribution in [3.63, 3.8) is 0 Å². The Labute approximate surface area is 151 Å². The SMILES string of the molecule is CC(C)CSN(SCC(C)C)C(=S)c1nc2ccccc2s1. The number of nitrogens with zero attached hydrogens (tertiary/aromatic N) is 2. The zero-order valence-electron chi connectivity index (χ0n) is 13.4. The third kappa shape index (κ3) is 5.11. The molecule has 0 spiro atoms. The number of hydrogen-bond donors (Lipinski definition) is 0. The van der Waals surface area contributed by atoms with E-state index in [1.807, 2.05) is 18.2 Å². The van der Waals surface area contributed by atoms with E-state index in [0.29, 0.717) is 11.8 Å². The summed E-state index contributed by atoms with van der Waals surface area (Å²) >= 11 is 11.0. The number of para-hydroxylation sites is 1. The van der Waals surface area contributed by atoms with E-state index in [4.69, 9.17) is 17.2 Å². The van der Waals surface area contributed by atoms with Gasteiger partial charge in [-0.15, -0.1) is 11.3 Å². The van der Waals surface area contributed by atoms with Crippen LogP contribution in [-0.4, -0.2) is 25.2 Å². The maximum Gasteiger partial charge on any atom is 0.158 e. The molecule has 0 aliphatic rings. The smallest absolute Gasteiger partial charge is 0.158 e. The first-order valence-corrected chi connectivity index (χ1v) is 10.5. The molecule has 2 aromatic rings. The lowest BCUT2D eigenvalue weighted by molar-refractivity contribution is 0.741. The predicted octanol–water partition coefficient (Wildman–Crippen LogP) is 5.88. The maximum atomic E-state index is 5.72. The average Bonchev–Trinajstić information content (AvgIpc) is 2.90. The summed E-state index contributed by atoms with van der Waals surface area (Å²) in [7, 11) is 0. The lowest BCUT2D eigenvalue weighted by Crippen LogP contribution is -2.19. The highest BCUT2D eigenvalue weighted by atomic mass is 32.2. The van der Waals surface area contributed by atoms with Gasteiger partial charge in [0.2, 0.25) is 0 Å². The number of rotatable bonds is 7. The Morgan fingerprint density at radius 3 is 2.27 bits per heavy atom. The second-order valence-electron chi connectivity index (χ2n) is 5.93. The molecule has 0 bridgehead atoms. The molecule has 1 heterocycles. The molecule has 0 fully saturated rings. The molecule has 2 rings (SSSR count). The molecule has 0 aliphatic heterocycles. The van der Waals surface area contributed by atoms with E-state index in [-0.39, 0.29) is 0 Å². The van der Waals surface area contributed by atoms with Crippen LogP contribution >= 0.6 is 47.5 Å². The van der Waals surface area contributed by atoms with Gasteiger partial charge in [-0.3, -0.25) is 0 Å². The van der Waals surface area contributed by atoms with Gasteiger partial charge < -0.3 is 0 Å². The standard InChI is InChI=1S/C16H22N2S4/c1-11(2)9-20-18(21-10-12(3)4)16(19)15-17-13-7-5-6-8-14(13)22-15/h5-8,11-12H,9-10H2,1-4H3. The summed E-state index contributed by atoms with van der Waals surface area (Å²) in [4.78, 5) is 5.54.